The highest BCUT2D eigenvalue weighted by Crippen LogP contribution is 2.20. The Labute approximate surface area is 128 Å². The first kappa shape index (κ1) is 17.5. The minimum absolute atomic E-state index is 0.204. The Morgan fingerprint density at radius 1 is 1.30 bits per heavy atom. The van der Waals surface area contributed by atoms with Gasteiger partial charge in [0.15, 0.2) is 0 Å². The average molecular weight is 349 g/mol. The van der Waals surface area contributed by atoms with E-state index in [0.29, 0.717) is 12.5 Å². The highest BCUT2D eigenvalue weighted by atomic mass is 79.9. The highest BCUT2D eigenvalue weighted by molar-refractivity contribution is 9.10. The maximum absolute atomic E-state index is 12.3. The molecule has 0 radical (unpaired) electrons. The van der Waals surface area contributed by atoms with E-state index in [9.17, 15) is 8.78 Å². The zero-order valence-electron chi connectivity index (χ0n) is 12.3. The predicted octanol–water partition coefficient (Wildman–Crippen LogP) is 3.89. The Morgan fingerprint density at radius 2 is 2.00 bits per heavy atom. The third kappa shape index (κ3) is 6.77. The number of nitrogens with zero attached hydrogens (tertiary/aromatic N) is 1. The molecule has 1 rings (SSSR count). The second-order valence-electron chi connectivity index (χ2n) is 5.54. The van der Waals surface area contributed by atoms with Gasteiger partial charge in [0.2, 0.25) is 0 Å². The van der Waals surface area contributed by atoms with Gasteiger partial charge >= 0.3 is 0 Å². The smallest absolute Gasteiger partial charge is 0.251 e. The summed E-state index contributed by atoms with van der Waals surface area (Å²) in [6.07, 6.45) is -2.29. The van der Waals surface area contributed by atoms with Crippen molar-refractivity contribution in [2.45, 2.75) is 33.4 Å². The van der Waals surface area contributed by atoms with E-state index in [2.05, 4.69) is 41.2 Å². The van der Waals surface area contributed by atoms with Gasteiger partial charge in [-0.2, -0.15) is 0 Å². The lowest BCUT2D eigenvalue weighted by Crippen LogP contribution is -2.24. The van der Waals surface area contributed by atoms with E-state index in [1.807, 2.05) is 12.1 Å². The largest absolute Gasteiger partial charge is 0.312 e. The van der Waals surface area contributed by atoms with Crippen LogP contribution in [0.2, 0.25) is 0 Å². The van der Waals surface area contributed by atoms with Crippen LogP contribution < -0.4 is 5.32 Å². The standard InChI is InChI=1S/C15H23BrF2N2/c1-11(2)7-19-8-12-4-5-13(14(16)6-12)9-20(3)10-15(17)18/h4-6,11,15,19H,7-10H2,1-3H3. The number of alkyl halides is 2. The van der Waals surface area contributed by atoms with E-state index in [1.54, 1.807) is 11.9 Å². The van der Waals surface area contributed by atoms with Gasteiger partial charge in [-0.1, -0.05) is 41.9 Å². The summed E-state index contributed by atoms with van der Waals surface area (Å²) in [4.78, 5) is 1.63. The molecule has 20 heavy (non-hydrogen) atoms. The van der Waals surface area contributed by atoms with E-state index >= 15 is 0 Å². The maximum atomic E-state index is 12.3. The molecule has 1 aromatic carbocycles. The molecule has 2 nitrogen and oxygen atoms in total. The zero-order valence-corrected chi connectivity index (χ0v) is 13.9. The van der Waals surface area contributed by atoms with Crippen molar-refractivity contribution >= 4 is 15.9 Å². The fourth-order valence-electron chi connectivity index (χ4n) is 1.93. The van der Waals surface area contributed by atoms with Crippen LogP contribution in [0.15, 0.2) is 22.7 Å². The fraction of sp³-hybridized carbons (Fsp3) is 0.600. The van der Waals surface area contributed by atoms with E-state index < -0.39 is 6.43 Å². The van der Waals surface area contributed by atoms with Crippen LogP contribution in [0.4, 0.5) is 8.78 Å². The molecule has 0 aromatic heterocycles. The molecule has 5 heteroatoms. The van der Waals surface area contributed by atoms with E-state index in [0.717, 1.165) is 23.1 Å². The summed E-state index contributed by atoms with van der Waals surface area (Å²) in [6.45, 7) is 6.46. The van der Waals surface area contributed by atoms with E-state index in [4.69, 9.17) is 0 Å². The summed E-state index contributed by atoms with van der Waals surface area (Å²) in [5.74, 6) is 0.626. The molecule has 0 aliphatic heterocycles. The van der Waals surface area contributed by atoms with Gasteiger partial charge in [-0.05, 0) is 36.7 Å². The number of hydrogen-bond acceptors (Lipinski definition) is 2. The predicted molar refractivity (Wildman–Crippen MR) is 83.0 cm³/mol. The monoisotopic (exact) mass is 348 g/mol. The third-order valence-electron chi connectivity index (χ3n) is 2.89. The Kier molecular flexibility index (Phi) is 7.62. The van der Waals surface area contributed by atoms with Gasteiger partial charge in [0.05, 0.1) is 6.54 Å². The van der Waals surface area contributed by atoms with Gasteiger partial charge in [-0.15, -0.1) is 0 Å². The van der Waals surface area contributed by atoms with Crippen LogP contribution in [0.5, 0.6) is 0 Å². The molecule has 0 amide bonds. The SMILES string of the molecule is CC(C)CNCc1ccc(CN(C)CC(F)F)c(Br)c1. The molecule has 0 atom stereocenters. The van der Waals surface area contributed by atoms with Crippen molar-refractivity contribution in [2.75, 3.05) is 20.1 Å². The number of rotatable bonds is 8. The van der Waals surface area contributed by atoms with Gasteiger partial charge in [0.25, 0.3) is 6.43 Å². The second-order valence-corrected chi connectivity index (χ2v) is 6.39. The normalized spacial score (nSPS) is 11.8. The van der Waals surface area contributed by atoms with Gasteiger partial charge in [-0.25, -0.2) is 8.78 Å². The minimum Gasteiger partial charge on any atom is -0.312 e. The Balaban J connectivity index is 2.54. The first-order valence-electron chi connectivity index (χ1n) is 6.83. The van der Waals surface area contributed by atoms with Gasteiger partial charge in [-0.3, -0.25) is 4.90 Å². The average Bonchev–Trinajstić information content (AvgIpc) is 2.31. The van der Waals surface area contributed by atoms with Gasteiger partial charge in [0, 0.05) is 17.6 Å². The molecule has 0 aliphatic carbocycles. The first-order valence-corrected chi connectivity index (χ1v) is 7.62. The topological polar surface area (TPSA) is 15.3 Å². The molecular weight excluding hydrogens is 326 g/mol. The first-order chi connectivity index (χ1) is 9.38. The van der Waals surface area contributed by atoms with Crippen molar-refractivity contribution in [1.82, 2.24) is 10.2 Å². The van der Waals surface area contributed by atoms with Crippen LogP contribution in [-0.4, -0.2) is 31.5 Å². The summed E-state index contributed by atoms with van der Waals surface area (Å²) in [7, 11) is 1.71. The summed E-state index contributed by atoms with van der Waals surface area (Å²) < 4.78 is 25.6. The van der Waals surface area contributed by atoms with Gasteiger partial charge < -0.3 is 5.32 Å². The molecule has 1 N–H and O–H groups in total. The van der Waals surface area contributed by atoms with Crippen molar-refractivity contribution < 1.29 is 8.78 Å². The Hall–Kier alpha value is -0.520. The molecule has 0 heterocycles. The minimum atomic E-state index is -2.29. The van der Waals surface area contributed by atoms with Gasteiger partial charge in [0.1, 0.15) is 0 Å². The number of halogens is 3. The second kappa shape index (κ2) is 8.70. The molecule has 0 aliphatic rings. The van der Waals surface area contributed by atoms with Crippen molar-refractivity contribution in [3.8, 4) is 0 Å². The van der Waals surface area contributed by atoms with E-state index in [-0.39, 0.29) is 6.54 Å². The van der Waals surface area contributed by atoms with Crippen LogP contribution in [0, 0.1) is 5.92 Å². The fourth-order valence-corrected chi connectivity index (χ4v) is 2.48. The van der Waals surface area contributed by atoms with Crippen LogP contribution in [0.1, 0.15) is 25.0 Å². The number of hydrogen-bond donors (Lipinski definition) is 1. The van der Waals surface area contributed by atoms with Crippen LogP contribution in [0.3, 0.4) is 0 Å². The summed E-state index contributed by atoms with van der Waals surface area (Å²) in [5, 5.41) is 3.38. The molecular formula is C15H23BrF2N2. The third-order valence-corrected chi connectivity index (χ3v) is 3.63. The lowest BCUT2D eigenvalue weighted by molar-refractivity contribution is 0.0975. The maximum Gasteiger partial charge on any atom is 0.251 e. The van der Waals surface area contributed by atoms with Crippen molar-refractivity contribution in [3.05, 3.63) is 33.8 Å². The Morgan fingerprint density at radius 3 is 2.55 bits per heavy atom. The summed E-state index contributed by atoms with van der Waals surface area (Å²) in [6, 6.07) is 6.10. The van der Waals surface area contributed by atoms with Crippen LogP contribution in [-0.2, 0) is 13.1 Å². The lowest BCUT2D eigenvalue weighted by atomic mass is 10.1. The Bertz CT molecular complexity index is 411. The number of benzene rings is 1. The molecule has 0 spiro atoms. The number of nitrogens with one attached hydrogen (secondary N) is 1. The van der Waals surface area contributed by atoms with Crippen molar-refractivity contribution in [2.24, 2.45) is 5.92 Å². The zero-order chi connectivity index (χ0) is 15.1. The molecule has 114 valence electrons. The van der Waals surface area contributed by atoms with Crippen molar-refractivity contribution in [3.63, 3.8) is 0 Å². The molecule has 0 unspecified atom stereocenters. The quantitative estimate of drug-likeness (QED) is 0.766. The molecule has 0 fully saturated rings. The van der Waals surface area contributed by atoms with E-state index in [1.165, 1.54) is 5.56 Å². The molecule has 0 saturated carbocycles. The molecule has 0 saturated heterocycles. The molecule has 0 bridgehead atoms. The molecule has 1 aromatic rings. The van der Waals surface area contributed by atoms with Crippen LogP contribution in [0.25, 0.3) is 0 Å². The van der Waals surface area contributed by atoms with Crippen LogP contribution >= 0.6 is 15.9 Å². The van der Waals surface area contributed by atoms with Crippen molar-refractivity contribution in [1.29, 1.82) is 0 Å². The lowest BCUT2D eigenvalue weighted by Gasteiger charge is -2.17. The summed E-state index contributed by atoms with van der Waals surface area (Å²) in [5.41, 5.74) is 2.22. The summed E-state index contributed by atoms with van der Waals surface area (Å²) >= 11 is 3.52. The highest BCUT2D eigenvalue weighted by Gasteiger charge is 2.10.